The number of anilines is 2. The molecule has 0 radical (unpaired) electrons. The number of nitrogens with one attached hydrogen (secondary N) is 1. The molecule has 4 aromatic rings. The van der Waals surface area contributed by atoms with E-state index in [1.54, 1.807) is 0 Å². The van der Waals surface area contributed by atoms with Crippen LogP contribution in [0.4, 0.5) is 11.1 Å². The van der Waals surface area contributed by atoms with Gasteiger partial charge in [0.1, 0.15) is 5.52 Å². The molecule has 4 rings (SSSR count). The van der Waals surface area contributed by atoms with Gasteiger partial charge in [0, 0.05) is 5.02 Å². The average molecular weight is 330 g/mol. The summed E-state index contributed by atoms with van der Waals surface area (Å²) in [6, 6.07) is 12.1. The summed E-state index contributed by atoms with van der Waals surface area (Å²) in [6.07, 6.45) is 0.976. The number of hydrogen-bond donors (Lipinski definition) is 1. The van der Waals surface area contributed by atoms with Crippen molar-refractivity contribution in [3.8, 4) is 0 Å². The summed E-state index contributed by atoms with van der Waals surface area (Å²) >= 11 is 7.51. The molecule has 2 aromatic carbocycles. The molecule has 2 heterocycles. The summed E-state index contributed by atoms with van der Waals surface area (Å²) in [5.74, 6) is 0. The molecule has 22 heavy (non-hydrogen) atoms. The molecular weight excluding hydrogens is 318 g/mol. The molecule has 0 amide bonds. The molecule has 0 saturated carbocycles. The van der Waals surface area contributed by atoms with Crippen molar-refractivity contribution >= 4 is 55.4 Å². The Morgan fingerprint density at radius 3 is 2.91 bits per heavy atom. The van der Waals surface area contributed by atoms with Crippen LogP contribution in [0.1, 0.15) is 12.5 Å². The normalized spacial score (nSPS) is 11.4. The van der Waals surface area contributed by atoms with Gasteiger partial charge in [0.2, 0.25) is 0 Å². The van der Waals surface area contributed by atoms with Gasteiger partial charge in [-0.2, -0.15) is 4.98 Å². The number of halogens is 1. The second-order valence-corrected chi connectivity index (χ2v) is 6.40. The van der Waals surface area contributed by atoms with Crippen molar-refractivity contribution in [3.63, 3.8) is 0 Å². The summed E-state index contributed by atoms with van der Waals surface area (Å²) in [5, 5.41) is 4.57. The first kappa shape index (κ1) is 13.5. The van der Waals surface area contributed by atoms with Gasteiger partial charge in [-0.15, -0.1) is 0 Å². The topological polar surface area (TPSA) is 51.0 Å². The standard InChI is InChI=1S/C16H12ClN3OS/c1-2-9-3-6-13-12(7-9)18-15(21-13)20-16-19-11-5-4-10(17)8-14(11)22-16/h3-8H,2H2,1H3,(H,18,19,20). The molecule has 0 saturated heterocycles. The third-order valence-electron chi connectivity index (χ3n) is 3.42. The van der Waals surface area contributed by atoms with E-state index in [0.29, 0.717) is 11.0 Å². The van der Waals surface area contributed by atoms with Crippen LogP contribution in [0.2, 0.25) is 5.02 Å². The molecule has 0 fully saturated rings. The Labute approximate surface area is 135 Å². The highest BCUT2D eigenvalue weighted by atomic mass is 35.5. The van der Waals surface area contributed by atoms with Crippen molar-refractivity contribution in [2.45, 2.75) is 13.3 Å². The molecule has 0 aliphatic carbocycles. The predicted octanol–water partition coefficient (Wildman–Crippen LogP) is 5.40. The Bertz CT molecular complexity index is 976. The second-order valence-electron chi connectivity index (χ2n) is 4.93. The molecule has 0 aliphatic heterocycles. The molecular formula is C16H12ClN3OS. The van der Waals surface area contributed by atoms with Crippen LogP contribution in [0.5, 0.6) is 0 Å². The zero-order chi connectivity index (χ0) is 15.1. The fourth-order valence-corrected chi connectivity index (χ4v) is 3.42. The number of aryl methyl sites for hydroxylation is 1. The van der Waals surface area contributed by atoms with Gasteiger partial charge in [-0.3, -0.25) is 5.32 Å². The quantitative estimate of drug-likeness (QED) is 0.547. The molecule has 0 atom stereocenters. The monoisotopic (exact) mass is 329 g/mol. The summed E-state index contributed by atoms with van der Waals surface area (Å²) in [7, 11) is 0. The van der Waals surface area contributed by atoms with Crippen molar-refractivity contribution in [1.29, 1.82) is 0 Å². The van der Waals surface area contributed by atoms with Crippen molar-refractivity contribution in [1.82, 2.24) is 9.97 Å². The molecule has 110 valence electrons. The largest absolute Gasteiger partial charge is 0.423 e. The summed E-state index contributed by atoms with van der Waals surface area (Å²) in [4.78, 5) is 8.97. The SMILES string of the molecule is CCc1ccc2oc(Nc3nc4ccc(Cl)cc4s3)nc2c1. The van der Waals surface area contributed by atoms with Gasteiger partial charge in [-0.05, 0) is 42.3 Å². The lowest BCUT2D eigenvalue weighted by Crippen LogP contribution is -1.88. The van der Waals surface area contributed by atoms with Crippen LogP contribution in [0.15, 0.2) is 40.8 Å². The number of aromatic nitrogens is 2. The van der Waals surface area contributed by atoms with Crippen LogP contribution in [-0.4, -0.2) is 9.97 Å². The number of nitrogens with zero attached hydrogens (tertiary/aromatic N) is 2. The third-order valence-corrected chi connectivity index (χ3v) is 4.59. The first-order valence-electron chi connectivity index (χ1n) is 6.94. The van der Waals surface area contributed by atoms with E-state index in [1.165, 1.54) is 16.9 Å². The number of thiazole rings is 1. The maximum absolute atomic E-state index is 6.00. The van der Waals surface area contributed by atoms with Crippen molar-refractivity contribution < 1.29 is 4.42 Å². The number of oxazole rings is 1. The Balaban J connectivity index is 1.69. The van der Waals surface area contributed by atoms with E-state index in [2.05, 4.69) is 28.3 Å². The van der Waals surface area contributed by atoms with Crippen LogP contribution in [0, 0.1) is 0 Å². The molecule has 0 aliphatic rings. The minimum atomic E-state index is 0.452. The first-order valence-corrected chi connectivity index (χ1v) is 8.13. The molecule has 6 heteroatoms. The van der Waals surface area contributed by atoms with Crippen LogP contribution in [0.3, 0.4) is 0 Å². The van der Waals surface area contributed by atoms with Crippen LogP contribution >= 0.6 is 22.9 Å². The van der Waals surface area contributed by atoms with Gasteiger partial charge < -0.3 is 4.42 Å². The van der Waals surface area contributed by atoms with Crippen LogP contribution in [0.25, 0.3) is 21.3 Å². The Morgan fingerprint density at radius 2 is 2.05 bits per heavy atom. The van der Waals surface area contributed by atoms with E-state index in [1.807, 2.05) is 30.3 Å². The third kappa shape index (κ3) is 2.42. The molecule has 2 aromatic heterocycles. The second kappa shape index (κ2) is 5.26. The lowest BCUT2D eigenvalue weighted by Gasteiger charge is -1.92. The Hall–Kier alpha value is -2.11. The fourth-order valence-electron chi connectivity index (χ4n) is 2.29. The average Bonchev–Trinajstić information content (AvgIpc) is 3.08. The van der Waals surface area contributed by atoms with Crippen molar-refractivity contribution in [2.24, 2.45) is 0 Å². The maximum atomic E-state index is 6.00. The lowest BCUT2D eigenvalue weighted by atomic mass is 10.1. The van der Waals surface area contributed by atoms with E-state index >= 15 is 0 Å². The van der Waals surface area contributed by atoms with E-state index < -0.39 is 0 Å². The minimum absolute atomic E-state index is 0.452. The Morgan fingerprint density at radius 1 is 1.14 bits per heavy atom. The van der Waals surface area contributed by atoms with E-state index in [9.17, 15) is 0 Å². The van der Waals surface area contributed by atoms with E-state index in [4.69, 9.17) is 16.0 Å². The summed E-state index contributed by atoms with van der Waals surface area (Å²) < 4.78 is 6.74. The fraction of sp³-hybridized carbons (Fsp3) is 0.125. The Kier molecular flexibility index (Phi) is 3.24. The molecule has 0 spiro atoms. The predicted molar refractivity (Wildman–Crippen MR) is 91.3 cm³/mol. The highest BCUT2D eigenvalue weighted by molar-refractivity contribution is 7.22. The number of benzene rings is 2. The van der Waals surface area contributed by atoms with Gasteiger partial charge in [0.25, 0.3) is 0 Å². The summed E-state index contributed by atoms with van der Waals surface area (Å²) in [5.41, 5.74) is 3.76. The smallest absolute Gasteiger partial charge is 0.302 e. The van der Waals surface area contributed by atoms with Gasteiger partial charge in [0.05, 0.1) is 10.2 Å². The van der Waals surface area contributed by atoms with Crippen molar-refractivity contribution in [3.05, 3.63) is 47.0 Å². The first-order chi connectivity index (χ1) is 10.7. The number of hydrogen-bond acceptors (Lipinski definition) is 5. The van der Waals surface area contributed by atoms with E-state index in [0.717, 1.165) is 32.9 Å². The number of rotatable bonds is 3. The van der Waals surface area contributed by atoms with Gasteiger partial charge in [-0.1, -0.05) is 35.9 Å². The van der Waals surface area contributed by atoms with Gasteiger partial charge in [-0.25, -0.2) is 4.98 Å². The molecule has 0 bridgehead atoms. The highest BCUT2D eigenvalue weighted by Crippen LogP contribution is 2.31. The van der Waals surface area contributed by atoms with E-state index in [-0.39, 0.29) is 0 Å². The lowest BCUT2D eigenvalue weighted by molar-refractivity contribution is 0.623. The summed E-state index contributed by atoms with van der Waals surface area (Å²) in [6.45, 7) is 2.12. The zero-order valence-corrected chi connectivity index (χ0v) is 13.3. The van der Waals surface area contributed by atoms with Crippen LogP contribution < -0.4 is 5.32 Å². The molecule has 1 N–H and O–H groups in total. The molecule has 4 nitrogen and oxygen atoms in total. The van der Waals surface area contributed by atoms with Gasteiger partial charge in [0.15, 0.2) is 10.7 Å². The van der Waals surface area contributed by atoms with Crippen molar-refractivity contribution in [2.75, 3.05) is 5.32 Å². The zero-order valence-electron chi connectivity index (χ0n) is 11.8. The maximum Gasteiger partial charge on any atom is 0.302 e. The van der Waals surface area contributed by atoms with Gasteiger partial charge >= 0.3 is 6.01 Å². The highest BCUT2D eigenvalue weighted by Gasteiger charge is 2.10. The number of fused-ring (bicyclic) bond motifs is 2. The minimum Gasteiger partial charge on any atom is -0.423 e. The van der Waals surface area contributed by atoms with Crippen LogP contribution in [-0.2, 0) is 6.42 Å². The molecule has 0 unspecified atom stereocenters.